The molecule has 1 heterocycles. The minimum Gasteiger partial charge on any atom is -0.492 e. The summed E-state index contributed by atoms with van der Waals surface area (Å²) in [5, 5.41) is 11.0. The number of carbonyl (C=O) groups excluding carboxylic acids is 3. The maximum atomic E-state index is 12.6. The maximum absolute atomic E-state index is 12.6. The minimum absolute atomic E-state index is 0.0653. The highest BCUT2D eigenvalue weighted by atomic mass is 32.2. The SMILES string of the molecule is O=C[C@H](CC(=O)O)NC(=O)c1ccc(CNS(=O)(=O)c2ccc3c(c2)C(=O)CCO3)cc1. The lowest BCUT2D eigenvalue weighted by Crippen LogP contribution is -2.37. The van der Waals surface area contributed by atoms with Gasteiger partial charge in [-0.3, -0.25) is 14.4 Å². The molecule has 0 aromatic heterocycles. The van der Waals surface area contributed by atoms with E-state index in [0.717, 1.165) is 0 Å². The molecule has 10 nitrogen and oxygen atoms in total. The number of ketones is 1. The van der Waals surface area contributed by atoms with Crippen LogP contribution in [0.5, 0.6) is 5.75 Å². The second-order valence-electron chi connectivity index (χ2n) is 7.01. The van der Waals surface area contributed by atoms with Gasteiger partial charge in [0.1, 0.15) is 12.0 Å². The van der Waals surface area contributed by atoms with Crippen LogP contribution in [0.1, 0.15) is 39.1 Å². The van der Waals surface area contributed by atoms with E-state index in [-0.39, 0.29) is 41.4 Å². The van der Waals surface area contributed by atoms with E-state index in [4.69, 9.17) is 9.84 Å². The van der Waals surface area contributed by atoms with Crippen molar-refractivity contribution < 1.29 is 37.4 Å². The lowest BCUT2D eigenvalue weighted by atomic mass is 10.1. The summed E-state index contributed by atoms with van der Waals surface area (Å²) in [6.45, 7) is 0.196. The van der Waals surface area contributed by atoms with Crippen LogP contribution in [0.25, 0.3) is 0 Å². The summed E-state index contributed by atoms with van der Waals surface area (Å²) in [5.74, 6) is -1.68. The number of rotatable bonds is 9. The van der Waals surface area contributed by atoms with E-state index in [9.17, 15) is 27.6 Å². The largest absolute Gasteiger partial charge is 0.492 e. The maximum Gasteiger partial charge on any atom is 0.305 e. The van der Waals surface area contributed by atoms with E-state index in [2.05, 4.69) is 10.0 Å². The zero-order valence-corrected chi connectivity index (χ0v) is 17.6. The summed E-state index contributed by atoms with van der Waals surface area (Å²) in [4.78, 5) is 45.6. The third kappa shape index (κ3) is 5.56. The van der Waals surface area contributed by atoms with Gasteiger partial charge in [0.15, 0.2) is 5.78 Å². The molecule has 2 aromatic rings. The molecule has 0 unspecified atom stereocenters. The Balaban J connectivity index is 1.64. The Bertz CT molecular complexity index is 1160. The van der Waals surface area contributed by atoms with Crippen LogP contribution < -0.4 is 14.8 Å². The van der Waals surface area contributed by atoms with Crippen molar-refractivity contribution in [3.8, 4) is 5.75 Å². The molecular formula is C21H20N2O8S. The van der Waals surface area contributed by atoms with Gasteiger partial charge in [-0.25, -0.2) is 13.1 Å². The Morgan fingerprint density at radius 3 is 2.53 bits per heavy atom. The molecule has 1 aliphatic rings. The molecule has 0 aliphatic carbocycles. The first kappa shape index (κ1) is 23.1. The first-order valence-electron chi connectivity index (χ1n) is 9.56. The van der Waals surface area contributed by atoms with Crippen LogP contribution in [-0.2, 0) is 26.2 Å². The Hall–Kier alpha value is -3.57. The number of carbonyl (C=O) groups is 4. The van der Waals surface area contributed by atoms with Crippen molar-refractivity contribution in [3.63, 3.8) is 0 Å². The summed E-state index contributed by atoms with van der Waals surface area (Å²) < 4.78 is 33.0. The fourth-order valence-electron chi connectivity index (χ4n) is 3.02. The number of Topliss-reactive ketones (excluding diaryl/α,β-unsaturated/α-hetero) is 1. The van der Waals surface area contributed by atoms with E-state index in [1.807, 2.05) is 0 Å². The van der Waals surface area contributed by atoms with Gasteiger partial charge in [-0.1, -0.05) is 12.1 Å². The van der Waals surface area contributed by atoms with Crippen molar-refractivity contribution in [3.05, 3.63) is 59.2 Å². The molecule has 0 radical (unpaired) electrons. The van der Waals surface area contributed by atoms with Gasteiger partial charge in [-0.15, -0.1) is 0 Å². The molecule has 11 heteroatoms. The quantitative estimate of drug-likeness (QED) is 0.466. The summed E-state index contributed by atoms with van der Waals surface area (Å²) in [6, 6.07) is 8.84. The molecule has 1 aliphatic heterocycles. The van der Waals surface area contributed by atoms with Crippen LogP contribution in [0.15, 0.2) is 47.4 Å². The fourth-order valence-corrected chi connectivity index (χ4v) is 4.06. The van der Waals surface area contributed by atoms with E-state index in [1.165, 1.54) is 42.5 Å². The zero-order valence-electron chi connectivity index (χ0n) is 16.7. The average molecular weight is 460 g/mol. The topological polar surface area (TPSA) is 156 Å². The van der Waals surface area contributed by atoms with Crippen LogP contribution in [0, 0.1) is 0 Å². The summed E-state index contributed by atoms with van der Waals surface area (Å²) in [6.07, 6.45) is -0.00114. The number of nitrogens with one attached hydrogen (secondary N) is 2. The van der Waals surface area contributed by atoms with Gasteiger partial charge in [0.05, 0.1) is 29.5 Å². The predicted octanol–water partition coefficient (Wildman–Crippen LogP) is 0.902. The first-order valence-corrected chi connectivity index (χ1v) is 11.0. The number of amides is 1. The third-order valence-corrected chi connectivity index (χ3v) is 6.11. The van der Waals surface area contributed by atoms with Gasteiger partial charge in [0.25, 0.3) is 5.91 Å². The van der Waals surface area contributed by atoms with Crippen LogP contribution >= 0.6 is 0 Å². The van der Waals surface area contributed by atoms with Crippen molar-refractivity contribution in [1.29, 1.82) is 0 Å². The van der Waals surface area contributed by atoms with Gasteiger partial charge in [0, 0.05) is 18.5 Å². The molecule has 0 spiro atoms. The number of fused-ring (bicyclic) bond motifs is 1. The lowest BCUT2D eigenvalue weighted by molar-refractivity contribution is -0.138. The number of hydrogen-bond donors (Lipinski definition) is 3. The number of benzene rings is 2. The van der Waals surface area contributed by atoms with Gasteiger partial charge in [-0.05, 0) is 35.9 Å². The Labute approximate surface area is 183 Å². The summed E-state index contributed by atoms with van der Waals surface area (Å²) >= 11 is 0. The van der Waals surface area contributed by atoms with E-state index in [1.54, 1.807) is 0 Å². The number of hydrogen-bond acceptors (Lipinski definition) is 7. The summed E-state index contributed by atoms with van der Waals surface area (Å²) in [7, 11) is -3.90. The fraction of sp³-hybridized carbons (Fsp3) is 0.238. The van der Waals surface area contributed by atoms with Crippen molar-refractivity contribution in [2.24, 2.45) is 0 Å². The molecule has 0 bridgehead atoms. The molecule has 3 rings (SSSR count). The van der Waals surface area contributed by atoms with Crippen molar-refractivity contribution in [2.45, 2.75) is 30.3 Å². The lowest BCUT2D eigenvalue weighted by Gasteiger charge is -2.17. The minimum atomic E-state index is -3.90. The zero-order chi connectivity index (χ0) is 23.3. The third-order valence-electron chi connectivity index (χ3n) is 4.71. The molecule has 0 saturated heterocycles. The van der Waals surface area contributed by atoms with E-state index < -0.39 is 34.4 Å². The monoisotopic (exact) mass is 460 g/mol. The van der Waals surface area contributed by atoms with Crippen LogP contribution in [-0.4, -0.2) is 50.1 Å². The van der Waals surface area contributed by atoms with Crippen LogP contribution in [0.3, 0.4) is 0 Å². The average Bonchev–Trinajstić information content (AvgIpc) is 2.77. The Morgan fingerprint density at radius 1 is 1.16 bits per heavy atom. The number of ether oxygens (including phenoxy) is 1. The van der Waals surface area contributed by atoms with E-state index >= 15 is 0 Å². The van der Waals surface area contributed by atoms with Crippen molar-refractivity contribution in [1.82, 2.24) is 10.0 Å². The molecular weight excluding hydrogens is 440 g/mol. The van der Waals surface area contributed by atoms with Gasteiger partial charge < -0.3 is 20.0 Å². The highest BCUT2D eigenvalue weighted by Gasteiger charge is 2.23. The molecule has 3 N–H and O–H groups in total. The first-order chi connectivity index (χ1) is 15.2. The molecule has 1 atom stereocenters. The van der Waals surface area contributed by atoms with E-state index in [0.29, 0.717) is 17.6 Å². The molecule has 2 aromatic carbocycles. The number of aliphatic carboxylic acids is 1. The number of carboxylic acids is 1. The Morgan fingerprint density at radius 2 is 1.88 bits per heavy atom. The second-order valence-corrected chi connectivity index (χ2v) is 8.78. The number of carboxylic acid groups (broad SMARTS) is 1. The molecule has 168 valence electrons. The number of sulfonamides is 1. The predicted molar refractivity (Wildman–Crippen MR) is 111 cm³/mol. The van der Waals surface area contributed by atoms with Crippen molar-refractivity contribution >= 4 is 34.0 Å². The van der Waals surface area contributed by atoms with Crippen molar-refractivity contribution in [2.75, 3.05) is 6.61 Å². The second kappa shape index (κ2) is 9.71. The number of aldehydes is 1. The molecule has 0 fully saturated rings. The highest BCUT2D eigenvalue weighted by molar-refractivity contribution is 7.89. The highest BCUT2D eigenvalue weighted by Crippen LogP contribution is 2.27. The smallest absolute Gasteiger partial charge is 0.305 e. The van der Waals surface area contributed by atoms with Crippen LogP contribution in [0.4, 0.5) is 0 Å². The normalized spacial score (nSPS) is 14.1. The Kier molecular flexibility index (Phi) is 7.01. The van der Waals surface area contributed by atoms with Gasteiger partial charge in [0.2, 0.25) is 10.0 Å². The van der Waals surface area contributed by atoms with Crippen LogP contribution in [0.2, 0.25) is 0 Å². The standard InChI is InChI=1S/C21H20N2O8S/c24-12-15(9-20(26)27)23-21(28)14-3-1-13(2-4-14)11-22-32(29,30)16-5-6-19-17(10-16)18(25)7-8-31-19/h1-6,10,12,15,22H,7-9,11H2,(H,23,28)(H,26,27)/t15-/m0/s1. The molecule has 1 amide bonds. The van der Waals surface area contributed by atoms with Gasteiger partial charge >= 0.3 is 5.97 Å². The summed E-state index contributed by atoms with van der Waals surface area (Å²) in [5.41, 5.74) is 0.966. The van der Waals surface area contributed by atoms with Gasteiger partial charge in [-0.2, -0.15) is 0 Å². The molecule has 32 heavy (non-hydrogen) atoms. The molecule has 0 saturated carbocycles.